The van der Waals surface area contributed by atoms with Gasteiger partial charge in [0.05, 0.1) is 0 Å². The van der Waals surface area contributed by atoms with Gasteiger partial charge in [-0.15, -0.1) is 0 Å². The molecule has 1 heteroatoms. The summed E-state index contributed by atoms with van der Waals surface area (Å²) in [4.78, 5) is 0. The van der Waals surface area contributed by atoms with E-state index in [9.17, 15) is 0 Å². The maximum absolute atomic E-state index is 2.40. The second-order valence-corrected chi connectivity index (χ2v) is 5.09. The van der Waals surface area contributed by atoms with Crippen LogP contribution in [0.25, 0.3) is 0 Å². The summed E-state index contributed by atoms with van der Waals surface area (Å²) >= 11 is 0. The van der Waals surface area contributed by atoms with Gasteiger partial charge in [-0.05, 0) is 62.9 Å². The van der Waals surface area contributed by atoms with Crippen LogP contribution in [0.15, 0.2) is 22.3 Å². The predicted octanol–water partition coefficient (Wildman–Crippen LogP) is 4.53. The fourth-order valence-corrected chi connectivity index (χ4v) is 3.30. The molecule has 0 nitrogen and oxygen atoms in total. The van der Waals surface area contributed by atoms with E-state index >= 15 is 0 Å². The Morgan fingerprint density at radius 3 is 2.60 bits per heavy atom. The van der Waals surface area contributed by atoms with Crippen LogP contribution in [0.2, 0.25) is 12.6 Å². The summed E-state index contributed by atoms with van der Waals surface area (Å²) in [6.45, 7) is 6.91. The molecule has 1 unspecified atom stereocenters. The lowest BCUT2D eigenvalue weighted by molar-refractivity contribution is 0.879. The Labute approximate surface area is 95.1 Å². The number of hydrogen-bond donors (Lipinski definition) is 0. The molecule has 0 saturated heterocycles. The summed E-state index contributed by atoms with van der Waals surface area (Å²) in [6, 6.07) is 0. The largest absolute Gasteiger partial charge is 0.115 e. The van der Waals surface area contributed by atoms with Crippen molar-refractivity contribution in [2.45, 2.75) is 65.0 Å². The Morgan fingerprint density at radius 2 is 2.00 bits per heavy atom. The van der Waals surface area contributed by atoms with Gasteiger partial charge in [-0.25, -0.2) is 0 Å². The van der Waals surface area contributed by atoms with Crippen LogP contribution in [0.3, 0.4) is 0 Å². The molecule has 1 atom stereocenters. The van der Waals surface area contributed by atoms with Gasteiger partial charge >= 0.3 is 0 Å². The molecule has 0 aromatic rings. The Kier molecular flexibility index (Phi) is 3.38. The second-order valence-electron chi connectivity index (χ2n) is 5.09. The molecule has 0 heterocycles. The topological polar surface area (TPSA) is 0 Å². The van der Waals surface area contributed by atoms with Crippen molar-refractivity contribution in [1.82, 2.24) is 0 Å². The van der Waals surface area contributed by atoms with E-state index in [1.54, 1.807) is 22.3 Å². The number of rotatable bonds is 2. The highest BCUT2D eigenvalue weighted by atomic mass is 14.3. The van der Waals surface area contributed by atoms with Crippen molar-refractivity contribution in [3.8, 4) is 0 Å². The van der Waals surface area contributed by atoms with Crippen LogP contribution in [-0.4, -0.2) is 7.28 Å². The van der Waals surface area contributed by atoms with Crippen LogP contribution in [0.5, 0.6) is 0 Å². The number of hydrogen-bond acceptors (Lipinski definition) is 0. The van der Waals surface area contributed by atoms with Gasteiger partial charge in [0.15, 0.2) is 0 Å². The van der Waals surface area contributed by atoms with Gasteiger partial charge in [0.1, 0.15) is 7.28 Å². The van der Waals surface area contributed by atoms with Crippen LogP contribution >= 0.6 is 0 Å². The molecule has 81 valence electrons. The molecular weight excluding hydrogens is 179 g/mol. The normalized spacial score (nSPS) is 29.9. The average Bonchev–Trinajstić information content (AvgIpc) is 2.84. The van der Waals surface area contributed by atoms with Gasteiger partial charge in [-0.1, -0.05) is 24.4 Å². The minimum absolute atomic E-state index is 0.783. The number of allylic oxidation sites excluding steroid dienone is 4. The van der Waals surface area contributed by atoms with Crippen molar-refractivity contribution in [2.75, 3.05) is 0 Å². The summed E-state index contributed by atoms with van der Waals surface area (Å²) < 4.78 is 0. The molecule has 1 fully saturated rings. The SMILES string of the molecule is C[B]C1CCC/C1=C(\C)C1=C(C)CCC1. The van der Waals surface area contributed by atoms with Gasteiger partial charge < -0.3 is 0 Å². The molecule has 0 aromatic heterocycles. The van der Waals surface area contributed by atoms with Crippen molar-refractivity contribution in [3.63, 3.8) is 0 Å². The maximum atomic E-state index is 2.40. The highest BCUT2D eigenvalue weighted by molar-refractivity contribution is 6.37. The van der Waals surface area contributed by atoms with Gasteiger partial charge in [0.2, 0.25) is 0 Å². The summed E-state index contributed by atoms with van der Waals surface area (Å²) in [5.74, 6) is 0.783. The zero-order valence-corrected chi connectivity index (χ0v) is 10.4. The molecule has 0 N–H and O–H groups in total. The van der Waals surface area contributed by atoms with Crippen LogP contribution in [0, 0.1) is 0 Å². The Balaban J connectivity index is 2.28. The van der Waals surface area contributed by atoms with E-state index < -0.39 is 0 Å². The third-order valence-electron chi connectivity index (χ3n) is 4.24. The molecule has 2 rings (SSSR count). The van der Waals surface area contributed by atoms with Crippen molar-refractivity contribution >= 4 is 7.28 Å². The summed E-state index contributed by atoms with van der Waals surface area (Å²) in [5, 5.41) is 0. The Bertz CT molecular complexity index is 309. The molecule has 0 aliphatic heterocycles. The summed E-state index contributed by atoms with van der Waals surface area (Å²) in [6.07, 6.45) is 8.17. The maximum Gasteiger partial charge on any atom is 0.115 e. The van der Waals surface area contributed by atoms with Gasteiger partial charge in [0.25, 0.3) is 0 Å². The van der Waals surface area contributed by atoms with Crippen molar-refractivity contribution < 1.29 is 0 Å². The fourth-order valence-electron chi connectivity index (χ4n) is 3.30. The third-order valence-corrected chi connectivity index (χ3v) is 4.24. The molecule has 15 heavy (non-hydrogen) atoms. The summed E-state index contributed by atoms with van der Waals surface area (Å²) in [5.41, 5.74) is 6.74. The second kappa shape index (κ2) is 4.59. The third kappa shape index (κ3) is 2.07. The van der Waals surface area contributed by atoms with E-state index in [1.165, 1.54) is 38.5 Å². The molecule has 0 spiro atoms. The lowest BCUT2D eigenvalue weighted by atomic mass is 9.63. The van der Waals surface area contributed by atoms with Crippen LogP contribution in [0.1, 0.15) is 52.4 Å². The lowest BCUT2D eigenvalue weighted by Crippen LogP contribution is -2.00. The smallest absolute Gasteiger partial charge is 0.0914 e. The minimum Gasteiger partial charge on any atom is -0.0914 e. The molecule has 0 bridgehead atoms. The Hall–Kier alpha value is -0.455. The van der Waals surface area contributed by atoms with Crippen molar-refractivity contribution in [2.24, 2.45) is 0 Å². The first-order valence-corrected chi connectivity index (χ1v) is 6.42. The average molecular weight is 201 g/mol. The molecule has 1 saturated carbocycles. The molecule has 0 amide bonds. The first-order valence-electron chi connectivity index (χ1n) is 6.42. The molecular formula is C14H22B. The Morgan fingerprint density at radius 1 is 1.20 bits per heavy atom. The van der Waals surface area contributed by atoms with Gasteiger partial charge in [0, 0.05) is 0 Å². The standard InChI is InChI=1S/C14H22B/c1-10-6-4-7-12(10)11(2)13-8-5-9-14(13)15-3/h14H,4-9H2,1-3H3/b13-11-. The quantitative estimate of drug-likeness (QED) is 0.576. The van der Waals surface area contributed by atoms with E-state index in [1.807, 2.05) is 0 Å². The molecule has 1 radical (unpaired) electrons. The van der Waals surface area contributed by atoms with Crippen LogP contribution in [-0.2, 0) is 0 Å². The monoisotopic (exact) mass is 201 g/mol. The molecule has 2 aliphatic rings. The lowest BCUT2D eigenvalue weighted by Gasteiger charge is -2.15. The zero-order chi connectivity index (χ0) is 10.8. The first-order chi connectivity index (χ1) is 7.24. The van der Waals surface area contributed by atoms with Crippen molar-refractivity contribution in [1.29, 1.82) is 0 Å². The predicted molar refractivity (Wildman–Crippen MR) is 68.5 cm³/mol. The summed E-state index contributed by atoms with van der Waals surface area (Å²) in [7, 11) is 2.40. The van der Waals surface area contributed by atoms with Gasteiger partial charge in [-0.2, -0.15) is 0 Å². The van der Waals surface area contributed by atoms with E-state index in [2.05, 4.69) is 28.0 Å². The molecule has 2 aliphatic carbocycles. The van der Waals surface area contributed by atoms with Gasteiger partial charge in [-0.3, -0.25) is 0 Å². The fraction of sp³-hybridized carbons (Fsp3) is 0.714. The van der Waals surface area contributed by atoms with E-state index in [0.717, 1.165) is 5.82 Å². The van der Waals surface area contributed by atoms with E-state index in [-0.39, 0.29) is 0 Å². The highest BCUT2D eigenvalue weighted by Crippen LogP contribution is 2.42. The van der Waals surface area contributed by atoms with Crippen LogP contribution in [0.4, 0.5) is 0 Å². The van der Waals surface area contributed by atoms with Crippen molar-refractivity contribution in [3.05, 3.63) is 22.3 Å². The minimum atomic E-state index is 0.783. The van der Waals surface area contributed by atoms with Crippen LogP contribution < -0.4 is 0 Å². The first kappa shape index (κ1) is 11.0. The van der Waals surface area contributed by atoms with E-state index in [0.29, 0.717) is 0 Å². The van der Waals surface area contributed by atoms with E-state index in [4.69, 9.17) is 0 Å². The molecule has 0 aromatic carbocycles. The zero-order valence-electron chi connectivity index (χ0n) is 10.4. The highest BCUT2D eigenvalue weighted by Gasteiger charge is 2.23.